The van der Waals surface area contributed by atoms with Crippen LogP contribution in [0.5, 0.6) is 0 Å². The predicted molar refractivity (Wildman–Crippen MR) is 101 cm³/mol. The third kappa shape index (κ3) is 4.69. The van der Waals surface area contributed by atoms with E-state index in [9.17, 15) is 9.59 Å². The van der Waals surface area contributed by atoms with E-state index >= 15 is 0 Å². The summed E-state index contributed by atoms with van der Waals surface area (Å²) in [7, 11) is 0. The second kappa shape index (κ2) is 7.81. The minimum Gasteiger partial charge on any atom is -0.369 e. The Labute approximate surface area is 152 Å². The summed E-state index contributed by atoms with van der Waals surface area (Å²) in [5.41, 5.74) is 13.9. The molecule has 0 aliphatic heterocycles. The van der Waals surface area contributed by atoms with Gasteiger partial charge in [0.1, 0.15) is 11.4 Å². The maximum absolute atomic E-state index is 11.7. The smallest absolute Gasteiger partial charge is 0.254 e. The van der Waals surface area contributed by atoms with Crippen LogP contribution in [-0.2, 0) is 4.79 Å². The number of amides is 2. The number of hydrogen-bond acceptors (Lipinski definition) is 6. The summed E-state index contributed by atoms with van der Waals surface area (Å²) in [5, 5.41) is 6.14. The highest BCUT2D eigenvalue weighted by molar-refractivity contribution is 5.98. The highest BCUT2D eigenvalue weighted by atomic mass is 16.1. The maximum atomic E-state index is 11.7. The Balaban J connectivity index is 2.33. The first-order valence-corrected chi connectivity index (χ1v) is 8.25. The lowest BCUT2D eigenvalue weighted by Crippen LogP contribution is -2.34. The Kier molecular flexibility index (Phi) is 5.76. The first-order chi connectivity index (χ1) is 12.2. The van der Waals surface area contributed by atoms with Gasteiger partial charge < -0.3 is 22.1 Å². The first-order valence-electron chi connectivity index (χ1n) is 8.25. The number of aromatic nitrogens is 2. The van der Waals surface area contributed by atoms with E-state index in [0.29, 0.717) is 5.82 Å². The van der Waals surface area contributed by atoms with Crippen molar-refractivity contribution in [2.45, 2.75) is 33.7 Å². The molecule has 2 amide bonds. The minimum atomic E-state index is -0.637. The van der Waals surface area contributed by atoms with Gasteiger partial charge in [-0.2, -0.15) is 4.98 Å². The summed E-state index contributed by atoms with van der Waals surface area (Å²) in [6.45, 7) is 7.48. The van der Waals surface area contributed by atoms with Gasteiger partial charge >= 0.3 is 0 Å². The molecule has 1 aromatic carbocycles. The molecule has 0 radical (unpaired) electrons. The summed E-state index contributed by atoms with van der Waals surface area (Å²) in [4.78, 5) is 31.5. The molecular formula is C18H24N6O2. The number of nitrogens with zero attached hydrogens (tertiary/aromatic N) is 2. The molecule has 26 heavy (non-hydrogen) atoms. The van der Waals surface area contributed by atoms with E-state index < -0.39 is 17.7 Å². The zero-order chi connectivity index (χ0) is 19.4. The molecule has 8 heteroatoms. The number of nitrogens with two attached hydrogens (primary N) is 2. The molecule has 0 saturated heterocycles. The lowest BCUT2D eigenvalue weighted by atomic mass is 10.0. The molecule has 2 rings (SSSR count). The molecule has 0 saturated carbocycles. The van der Waals surface area contributed by atoms with Crippen molar-refractivity contribution in [2.24, 2.45) is 17.4 Å². The zero-order valence-corrected chi connectivity index (χ0v) is 15.3. The Bertz CT molecular complexity index is 816. The first kappa shape index (κ1) is 19.2. The zero-order valence-electron chi connectivity index (χ0n) is 15.3. The van der Waals surface area contributed by atoms with Crippen LogP contribution in [0.1, 0.15) is 35.3 Å². The van der Waals surface area contributed by atoms with E-state index in [1.54, 1.807) is 13.8 Å². The Morgan fingerprint density at radius 3 is 2.23 bits per heavy atom. The van der Waals surface area contributed by atoms with Crippen LogP contribution in [0.15, 0.2) is 24.4 Å². The third-order valence-corrected chi connectivity index (χ3v) is 4.09. The molecule has 1 heterocycles. The predicted octanol–water partition coefficient (Wildman–Crippen LogP) is 1.86. The Morgan fingerprint density at radius 1 is 1.08 bits per heavy atom. The molecule has 8 nitrogen and oxygen atoms in total. The number of nitrogens with one attached hydrogen (secondary N) is 2. The summed E-state index contributed by atoms with van der Waals surface area (Å²) in [5.74, 6) is -0.916. The van der Waals surface area contributed by atoms with Crippen molar-refractivity contribution >= 4 is 29.3 Å². The molecule has 2 atom stereocenters. The highest BCUT2D eigenvalue weighted by Gasteiger charge is 2.19. The lowest BCUT2D eigenvalue weighted by Gasteiger charge is -2.19. The van der Waals surface area contributed by atoms with Crippen molar-refractivity contribution in [2.75, 3.05) is 10.6 Å². The molecule has 6 N–H and O–H groups in total. The van der Waals surface area contributed by atoms with Gasteiger partial charge in [0.2, 0.25) is 11.9 Å². The lowest BCUT2D eigenvalue weighted by molar-refractivity contribution is -0.121. The number of rotatable bonds is 7. The van der Waals surface area contributed by atoms with E-state index in [1.165, 1.54) is 6.20 Å². The average Bonchev–Trinajstić information content (AvgIpc) is 2.52. The van der Waals surface area contributed by atoms with Crippen molar-refractivity contribution in [3.8, 4) is 0 Å². The van der Waals surface area contributed by atoms with Crippen molar-refractivity contribution in [3.63, 3.8) is 0 Å². The van der Waals surface area contributed by atoms with Crippen LogP contribution in [0, 0.1) is 19.8 Å². The summed E-state index contributed by atoms with van der Waals surface area (Å²) >= 11 is 0. The van der Waals surface area contributed by atoms with Crippen LogP contribution in [-0.4, -0.2) is 27.8 Å². The number of primary amides is 2. The van der Waals surface area contributed by atoms with Crippen LogP contribution in [0.2, 0.25) is 0 Å². The van der Waals surface area contributed by atoms with E-state index in [-0.39, 0.29) is 17.6 Å². The molecule has 2 aromatic rings. The third-order valence-electron chi connectivity index (χ3n) is 4.09. The SMILES string of the molecule is Cc1cc(C)cc(Nc2nc(NC(C)C(C)C(N)=O)ncc2C(N)=O)c1. The fourth-order valence-corrected chi connectivity index (χ4v) is 2.49. The van der Waals surface area contributed by atoms with Gasteiger partial charge in [-0.25, -0.2) is 4.98 Å². The standard InChI is InChI=1S/C18H24N6O2/c1-9-5-10(2)7-13(6-9)23-17-14(16(20)26)8-21-18(24-17)22-12(4)11(3)15(19)25/h5-8,11-12H,1-4H3,(H2,19,25)(H2,20,26)(H2,21,22,23,24). The second-order valence-corrected chi connectivity index (χ2v) is 6.45. The Hall–Kier alpha value is -3.16. The molecule has 1 aromatic heterocycles. The fourth-order valence-electron chi connectivity index (χ4n) is 2.49. The normalized spacial score (nSPS) is 12.9. The van der Waals surface area contributed by atoms with Crippen LogP contribution in [0.3, 0.4) is 0 Å². The van der Waals surface area contributed by atoms with Gasteiger partial charge in [-0.1, -0.05) is 13.0 Å². The van der Waals surface area contributed by atoms with Gasteiger partial charge in [-0.05, 0) is 44.0 Å². The number of aryl methyl sites for hydroxylation is 2. The maximum Gasteiger partial charge on any atom is 0.254 e. The van der Waals surface area contributed by atoms with Crippen molar-refractivity contribution in [3.05, 3.63) is 41.1 Å². The van der Waals surface area contributed by atoms with Gasteiger partial charge in [0.25, 0.3) is 5.91 Å². The van der Waals surface area contributed by atoms with Gasteiger partial charge in [0, 0.05) is 17.9 Å². The van der Waals surface area contributed by atoms with Crippen molar-refractivity contribution < 1.29 is 9.59 Å². The van der Waals surface area contributed by atoms with E-state index in [4.69, 9.17) is 11.5 Å². The fraction of sp³-hybridized carbons (Fsp3) is 0.333. The number of hydrogen-bond donors (Lipinski definition) is 4. The van der Waals surface area contributed by atoms with E-state index in [0.717, 1.165) is 16.8 Å². The van der Waals surface area contributed by atoms with Crippen molar-refractivity contribution in [1.82, 2.24) is 9.97 Å². The van der Waals surface area contributed by atoms with Gasteiger partial charge in [-0.3, -0.25) is 9.59 Å². The van der Waals surface area contributed by atoms with Crippen LogP contribution in [0.25, 0.3) is 0 Å². The van der Waals surface area contributed by atoms with Crippen LogP contribution >= 0.6 is 0 Å². The highest BCUT2D eigenvalue weighted by Crippen LogP contribution is 2.22. The summed E-state index contributed by atoms with van der Waals surface area (Å²) in [6.07, 6.45) is 1.35. The molecule has 2 unspecified atom stereocenters. The molecule has 0 aliphatic rings. The molecule has 0 aliphatic carbocycles. The molecule has 0 spiro atoms. The summed E-state index contributed by atoms with van der Waals surface area (Å²) < 4.78 is 0. The number of benzene rings is 1. The van der Waals surface area contributed by atoms with Crippen LogP contribution in [0.4, 0.5) is 17.5 Å². The van der Waals surface area contributed by atoms with Gasteiger partial charge in [-0.15, -0.1) is 0 Å². The monoisotopic (exact) mass is 356 g/mol. The largest absolute Gasteiger partial charge is 0.369 e. The molecule has 0 fully saturated rings. The van der Waals surface area contributed by atoms with Gasteiger partial charge in [0.15, 0.2) is 0 Å². The molecule has 0 bridgehead atoms. The number of anilines is 3. The van der Waals surface area contributed by atoms with E-state index in [2.05, 4.69) is 20.6 Å². The van der Waals surface area contributed by atoms with Crippen molar-refractivity contribution in [1.29, 1.82) is 0 Å². The Morgan fingerprint density at radius 2 is 1.69 bits per heavy atom. The molecule has 138 valence electrons. The van der Waals surface area contributed by atoms with Crippen LogP contribution < -0.4 is 22.1 Å². The van der Waals surface area contributed by atoms with E-state index in [1.807, 2.05) is 32.0 Å². The summed E-state index contributed by atoms with van der Waals surface area (Å²) in [6, 6.07) is 5.64. The topological polar surface area (TPSA) is 136 Å². The number of carbonyl (C=O) groups excluding carboxylic acids is 2. The second-order valence-electron chi connectivity index (χ2n) is 6.45. The quantitative estimate of drug-likeness (QED) is 0.598. The molecular weight excluding hydrogens is 332 g/mol. The average molecular weight is 356 g/mol. The minimum absolute atomic E-state index is 0.172. The van der Waals surface area contributed by atoms with Gasteiger partial charge in [0.05, 0.1) is 5.92 Å². The number of carbonyl (C=O) groups is 2.